The molecular formula is C15H18N4O2S. The van der Waals surface area contributed by atoms with Gasteiger partial charge < -0.3 is 4.90 Å². The molecule has 1 atom stereocenters. The molecule has 2 heterocycles. The molecule has 3 rings (SSSR count). The fourth-order valence-corrected chi connectivity index (χ4v) is 3.15. The normalized spacial score (nSPS) is 18.6. The molecule has 1 aromatic heterocycles. The van der Waals surface area contributed by atoms with Crippen molar-refractivity contribution < 1.29 is 8.42 Å². The summed E-state index contributed by atoms with van der Waals surface area (Å²) >= 11 is 0. The molecule has 2 aromatic rings. The van der Waals surface area contributed by atoms with Gasteiger partial charge in [0.15, 0.2) is 0 Å². The molecule has 1 fully saturated rings. The Bertz CT molecular complexity index is 732. The van der Waals surface area contributed by atoms with Crippen molar-refractivity contribution in [1.29, 1.82) is 0 Å². The zero-order valence-electron chi connectivity index (χ0n) is 12.1. The minimum absolute atomic E-state index is 0.0590. The second-order valence-corrected chi connectivity index (χ2v) is 7.12. The monoisotopic (exact) mass is 318 g/mol. The number of sulfonamides is 1. The molecule has 1 aliphatic heterocycles. The van der Waals surface area contributed by atoms with Crippen LogP contribution in [0.25, 0.3) is 0 Å². The quantitative estimate of drug-likeness (QED) is 0.915. The Hall–Kier alpha value is -1.99. The summed E-state index contributed by atoms with van der Waals surface area (Å²) in [5.41, 5.74) is 1.33. The van der Waals surface area contributed by atoms with Gasteiger partial charge in [-0.2, -0.15) is 0 Å². The van der Waals surface area contributed by atoms with Crippen LogP contribution in [0.3, 0.4) is 0 Å². The van der Waals surface area contributed by atoms with Gasteiger partial charge in [0.2, 0.25) is 16.0 Å². The van der Waals surface area contributed by atoms with E-state index in [1.54, 1.807) is 0 Å². The van der Waals surface area contributed by atoms with E-state index >= 15 is 0 Å². The lowest BCUT2D eigenvalue weighted by Crippen LogP contribution is -2.23. The first kappa shape index (κ1) is 14.9. The fourth-order valence-electron chi connectivity index (χ4n) is 2.75. The van der Waals surface area contributed by atoms with Crippen molar-refractivity contribution in [3.05, 3.63) is 48.3 Å². The fraction of sp³-hybridized carbons (Fsp3) is 0.333. The van der Waals surface area contributed by atoms with E-state index in [0.29, 0.717) is 11.9 Å². The van der Waals surface area contributed by atoms with Gasteiger partial charge in [-0.25, -0.2) is 23.5 Å². The molecule has 116 valence electrons. The summed E-state index contributed by atoms with van der Waals surface area (Å²) in [5, 5.41) is 5.05. The molecule has 0 saturated carbocycles. The molecular weight excluding hydrogens is 300 g/mol. The Balaban J connectivity index is 1.65. The van der Waals surface area contributed by atoms with Crippen LogP contribution in [0.15, 0.2) is 47.6 Å². The zero-order chi connectivity index (χ0) is 15.6. The van der Waals surface area contributed by atoms with Crippen LogP contribution < -0.4 is 10.0 Å². The van der Waals surface area contributed by atoms with Crippen molar-refractivity contribution in [2.45, 2.75) is 17.7 Å². The van der Waals surface area contributed by atoms with Crippen molar-refractivity contribution >= 4 is 16.0 Å². The van der Waals surface area contributed by atoms with Crippen LogP contribution in [-0.2, 0) is 16.4 Å². The minimum Gasteiger partial charge on any atom is -0.341 e. The number of anilines is 1. The SMILES string of the molecule is NS(=O)(=O)c1cnc(N2CCC(Cc3ccccc3)C2)nc1. The van der Waals surface area contributed by atoms with Gasteiger partial charge in [-0.1, -0.05) is 30.3 Å². The third-order valence-corrected chi connectivity index (χ3v) is 4.75. The highest BCUT2D eigenvalue weighted by Crippen LogP contribution is 2.23. The van der Waals surface area contributed by atoms with Crippen molar-refractivity contribution in [2.24, 2.45) is 11.1 Å². The topological polar surface area (TPSA) is 89.2 Å². The van der Waals surface area contributed by atoms with Gasteiger partial charge in [-0.05, 0) is 24.3 Å². The predicted octanol–water partition coefficient (Wildman–Crippen LogP) is 1.19. The van der Waals surface area contributed by atoms with E-state index in [2.05, 4.69) is 39.1 Å². The third kappa shape index (κ3) is 3.42. The van der Waals surface area contributed by atoms with Gasteiger partial charge in [-0.15, -0.1) is 0 Å². The predicted molar refractivity (Wildman–Crippen MR) is 83.9 cm³/mol. The minimum atomic E-state index is -3.74. The van der Waals surface area contributed by atoms with Crippen LogP contribution in [0.1, 0.15) is 12.0 Å². The number of nitrogens with zero attached hydrogens (tertiary/aromatic N) is 3. The summed E-state index contributed by atoms with van der Waals surface area (Å²) in [6.07, 6.45) is 4.65. The Kier molecular flexibility index (Phi) is 4.08. The highest BCUT2D eigenvalue weighted by Gasteiger charge is 2.24. The summed E-state index contributed by atoms with van der Waals surface area (Å²) in [7, 11) is -3.74. The van der Waals surface area contributed by atoms with Gasteiger partial charge in [0.25, 0.3) is 0 Å². The smallest absolute Gasteiger partial charge is 0.241 e. The maximum absolute atomic E-state index is 11.2. The van der Waals surface area contributed by atoms with Gasteiger partial charge in [-0.3, -0.25) is 0 Å². The van der Waals surface area contributed by atoms with Crippen LogP contribution in [0.4, 0.5) is 5.95 Å². The summed E-state index contributed by atoms with van der Waals surface area (Å²) in [6.45, 7) is 1.76. The maximum atomic E-state index is 11.2. The molecule has 1 saturated heterocycles. The number of rotatable bonds is 4. The standard InChI is InChI=1S/C15H18N4O2S/c16-22(20,21)14-9-17-15(18-10-14)19-7-6-13(11-19)8-12-4-2-1-3-5-12/h1-5,9-10,13H,6-8,11H2,(H2,16,20,21). The van der Waals surface area contributed by atoms with E-state index in [4.69, 9.17) is 5.14 Å². The molecule has 0 spiro atoms. The Morgan fingerprint density at radius 3 is 2.50 bits per heavy atom. The maximum Gasteiger partial charge on any atom is 0.241 e. The summed E-state index contributed by atoms with van der Waals surface area (Å²) in [4.78, 5) is 10.3. The van der Waals surface area contributed by atoms with Crippen LogP contribution in [0.5, 0.6) is 0 Å². The molecule has 1 aliphatic rings. The Morgan fingerprint density at radius 2 is 1.86 bits per heavy atom. The molecule has 0 aliphatic carbocycles. The van der Waals surface area contributed by atoms with Crippen LogP contribution in [0.2, 0.25) is 0 Å². The van der Waals surface area contributed by atoms with Crippen molar-refractivity contribution in [3.8, 4) is 0 Å². The molecule has 6 nitrogen and oxygen atoms in total. The number of aromatic nitrogens is 2. The average Bonchev–Trinajstić information content (AvgIpc) is 2.96. The van der Waals surface area contributed by atoms with Crippen LogP contribution in [0, 0.1) is 5.92 Å². The number of benzene rings is 1. The van der Waals surface area contributed by atoms with Crippen molar-refractivity contribution in [3.63, 3.8) is 0 Å². The highest BCUT2D eigenvalue weighted by atomic mass is 32.2. The largest absolute Gasteiger partial charge is 0.341 e. The molecule has 2 N–H and O–H groups in total. The molecule has 22 heavy (non-hydrogen) atoms. The lowest BCUT2D eigenvalue weighted by molar-refractivity contribution is 0.585. The van der Waals surface area contributed by atoms with E-state index in [9.17, 15) is 8.42 Å². The molecule has 7 heteroatoms. The van der Waals surface area contributed by atoms with E-state index in [0.717, 1.165) is 25.9 Å². The first-order valence-electron chi connectivity index (χ1n) is 7.16. The van der Waals surface area contributed by atoms with E-state index in [1.807, 2.05) is 6.07 Å². The van der Waals surface area contributed by atoms with E-state index < -0.39 is 10.0 Å². The van der Waals surface area contributed by atoms with Gasteiger partial charge in [0.05, 0.1) is 12.4 Å². The van der Waals surface area contributed by atoms with Gasteiger partial charge in [0, 0.05) is 13.1 Å². The Morgan fingerprint density at radius 1 is 1.18 bits per heavy atom. The number of nitrogens with two attached hydrogens (primary N) is 1. The highest BCUT2D eigenvalue weighted by molar-refractivity contribution is 7.89. The third-order valence-electron chi connectivity index (χ3n) is 3.88. The molecule has 0 amide bonds. The number of hydrogen-bond donors (Lipinski definition) is 1. The van der Waals surface area contributed by atoms with Gasteiger partial charge >= 0.3 is 0 Å². The first-order valence-corrected chi connectivity index (χ1v) is 8.71. The first-order chi connectivity index (χ1) is 10.5. The lowest BCUT2D eigenvalue weighted by atomic mass is 9.99. The van der Waals surface area contributed by atoms with Crippen molar-refractivity contribution in [2.75, 3.05) is 18.0 Å². The van der Waals surface area contributed by atoms with Gasteiger partial charge in [0.1, 0.15) is 4.90 Å². The number of hydrogen-bond acceptors (Lipinski definition) is 5. The summed E-state index contributed by atoms with van der Waals surface area (Å²) < 4.78 is 22.4. The second-order valence-electron chi connectivity index (χ2n) is 5.55. The average molecular weight is 318 g/mol. The van der Waals surface area contributed by atoms with E-state index in [-0.39, 0.29) is 4.90 Å². The van der Waals surface area contributed by atoms with Crippen LogP contribution in [-0.4, -0.2) is 31.5 Å². The molecule has 1 aromatic carbocycles. The Labute approximate surface area is 130 Å². The lowest BCUT2D eigenvalue weighted by Gasteiger charge is -2.16. The van der Waals surface area contributed by atoms with Crippen molar-refractivity contribution in [1.82, 2.24) is 9.97 Å². The molecule has 0 bridgehead atoms. The van der Waals surface area contributed by atoms with Crippen LogP contribution >= 0.6 is 0 Å². The summed E-state index contributed by atoms with van der Waals surface area (Å²) in [5.74, 6) is 1.12. The van der Waals surface area contributed by atoms with E-state index in [1.165, 1.54) is 18.0 Å². The number of primary sulfonamides is 1. The second kappa shape index (κ2) is 6.02. The molecule has 0 radical (unpaired) electrons. The summed E-state index contributed by atoms with van der Waals surface area (Å²) in [6, 6.07) is 10.4. The zero-order valence-corrected chi connectivity index (χ0v) is 12.9. The molecule has 1 unspecified atom stereocenters.